The summed E-state index contributed by atoms with van der Waals surface area (Å²) in [5, 5.41) is 9.48. The van der Waals surface area contributed by atoms with Gasteiger partial charge in [0, 0.05) is 16.4 Å². The molecule has 0 aliphatic rings. The van der Waals surface area contributed by atoms with Crippen molar-refractivity contribution in [2.75, 3.05) is 0 Å². The van der Waals surface area contributed by atoms with E-state index in [2.05, 4.69) is 4.72 Å². The van der Waals surface area contributed by atoms with E-state index in [0.717, 1.165) is 16.9 Å². The van der Waals surface area contributed by atoms with Gasteiger partial charge in [0.2, 0.25) is 10.0 Å². The summed E-state index contributed by atoms with van der Waals surface area (Å²) in [5.41, 5.74) is 0.759. The van der Waals surface area contributed by atoms with Gasteiger partial charge in [0.15, 0.2) is 0 Å². The molecule has 1 aromatic carbocycles. The van der Waals surface area contributed by atoms with Crippen LogP contribution in [0.4, 0.5) is 0 Å². The van der Waals surface area contributed by atoms with Crippen molar-refractivity contribution < 1.29 is 18.3 Å². The van der Waals surface area contributed by atoms with Gasteiger partial charge in [0.05, 0.1) is 4.90 Å². The molecule has 0 aliphatic carbocycles. The van der Waals surface area contributed by atoms with Crippen molar-refractivity contribution in [3.63, 3.8) is 0 Å². The fourth-order valence-corrected chi connectivity index (χ4v) is 4.27. The number of nitrogens with one attached hydrogen (secondary N) is 1. The van der Waals surface area contributed by atoms with Crippen molar-refractivity contribution in [1.82, 2.24) is 4.72 Å². The van der Waals surface area contributed by atoms with E-state index in [-0.39, 0.29) is 16.3 Å². The number of hydrogen-bond acceptors (Lipinski definition) is 4. The summed E-state index contributed by atoms with van der Waals surface area (Å²) >= 11 is 6.69. The third-order valence-electron chi connectivity index (χ3n) is 2.75. The zero-order valence-electron chi connectivity index (χ0n) is 11.0. The van der Waals surface area contributed by atoms with Gasteiger partial charge in [-0.2, -0.15) is 0 Å². The molecule has 0 fully saturated rings. The monoisotopic (exact) mass is 345 g/mol. The van der Waals surface area contributed by atoms with Crippen molar-refractivity contribution in [2.24, 2.45) is 0 Å². The van der Waals surface area contributed by atoms with Crippen LogP contribution in [0.3, 0.4) is 0 Å². The maximum Gasteiger partial charge on any atom is 0.345 e. The Kier molecular flexibility index (Phi) is 4.67. The third kappa shape index (κ3) is 3.82. The Morgan fingerprint density at radius 3 is 2.48 bits per heavy atom. The lowest BCUT2D eigenvalue weighted by molar-refractivity contribution is 0.0702. The van der Waals surface area contributed by atoms with Gasteiger partial charge in [-0.15, -0.1) is 11.3 Å². The first-order chi connectivity index (χ1) is 9.79. The van der Waals surface area contributed by atoms with E-state index in [4.69, 9.17) is 16.7 Å². The molecule has 0 bridgehead atoms. The average molecular weight is 346 g/mol. The van der Waals surface area contributed by atoms with Crippen LogP contribution in [-0.2, 0) is 16.6 Å². The average Bonchev–Trinajstić information content (AvgIpc) is 2.81. The van der Waals surface area contributed by atoms with E-state index in [1.807, 2.05) is 0 Å². The topological polar surface area (TPSA) is 83.5 Å². The number of halogens is 1. The number of rotatable bonds is 5. The Bertz CT molecular complexity index is 766. The standard InChI is InChI=1S/C13H12ClNO4S2/c1-8-12(6-11(20-8)13(16)17)21(18,19)15-7-9-2-4-10(14)5-3-9/h2-6,15H,7H2,1H3,(H,16,17). The van der Waals surface area contributed by atoms with E-state index in [1.54, 1.807) is 31.2 Å². The van der Waals surface area contributed by atoms with Crippen molar-refractivity contribution in [3.05, 3.63) is 50.7 Å². The first-order valence-corrected chi connectivity index (χ1v) is 8.55. The maximum atomic E-state index is 12.2. The fourth-order valence-electron chi connectivity index (χ4n) is 1.70. The number of thiophene rings is 1. The summed E-state index contributed by atoms with van der Waals surface area (Å²) in [5.74, 6) is -1.14. The highest BCUT2D eigenvalue weighted by atomic mass is 35.5. The van der Waals surface area contributed by atoms with Crippen LogP contribution in [0.25, 0.3) is 0 Å². The Balaban J connectivity index is 2.18. The largest absolute Gasteiger partial charge is 0.477 e. The first-order valence-electron chi connectivity index (χ1n) is 5.87. The van der Waals surface area contributed by atoms with Crippen LogP contribution in [-0.4, -0.2) is 19.5 Å². The van der Waals surface area contributed by atoms with Crippen molar-refractivity contribution in [1.29, 1.82) is 0 Å². The van der Waals surface area contributed by atoms with Crippen LogP contribution in [0.1, 0.15) is 20.1 Å². The highest BCUT2D eigenvalue weighted by Gasteiger charge is 2.21. The number of carbonyl (C=O) groups is 1. The predicted molar refractivity (Wildman–Crippen MR) is 81.5 cm³/mol. The van der Waals surface area contributed by atoms with Crippen LogP contribution in [0.2, 0.25) is 5.02 Å². The quantitative estimate of drug-likeness (QED) is 0.872. The molecule has 2 rings (SSSR count). The van der Waals surface area contributed by atoms with Gasteiger partial charge in [-0.1, -0.05) is 23.7 Å². The molecule has 21 heavy (non-hydrogen) atoms. The van der Waals surface area contributed by atoms with Gasteiger partial charge < -0.3 is 5.11 Å². The van der Waals surface area contributed by atoms with Crippen molar-refractivity contribution in [2.45, 2.75) is 18.4 Å². The summed E-state index contributed by atoms with van der Waals surface area (Å²) in [7, 11) is -3.75. The summed E-state index contributed by atoms with van der Waals surface area (Å²) < 4.78 is 26.9. The second-order valence-electron chi connectivity index (χ2n) is 4.29. The molecular formula is C13H12ClNO4S2. The minimum Gasteiger partial charge on any atom is -0.477 e. The van der Waals surface area contributed by atoms with Gasteiger partial charge in [-0.3, -0.25) is 0 Å². The van der Waals surface area contributed by atoms with Crippen LogP contribution < -0.4 is 4.72 Å². The van der Waals surface area contributed by atoms with E-state index >= 15 is 0 Å². The minimum atomic E-state index is -3.75. The van der Waals surface area contributed by atoms with E-state index in [9.17, 15) is 13.2 Å². The van der Waals surface area contributed by atoms with Crippen LogP contribution in [0.5, 0.6) is 0 Å². The Morgan fingerprint density at radius 1 is 1.33 bits per heavy atom. The van der Waals surface area contributed by atoms with Gasteiger partial charge >= 0.3 is 5.97 Å². The first kappa shape index (κ1) is 16.0. The molecule has 0 spiro atoms. The summed E-state index contributed by atoms with van der Waals surface area (Å²) in [6.07, 6.45) is 0. The highest BCUT2D eigenvalue weighted by Crippen LogP contribution is 2.25. The van der Waals surface area contributed by atoms with Crippen LogP contribution in [0, 0.1) is 6.92 Å². The third-order valence-corrected chi connectivity index (χ3v) is 5.70. The normalized spacial score (nSPS) is 11.5. The molecule has 2 N–H and O–H groups in total. The molecule has 0 saturated heterocycles. The van der Waals surface area contributed by atoms with Crippen LogP contribution in [0.15, 0.2) is 35.2 Å². The number of aromatic carboxylic acids is 1. The van der Waals surface area contributed by atoms with Gasteiger partial charge in [0.25, 0.3) is 0 Å². The molecule has 0 unspecified atom stereocenters. The van der Waals surface area contributed by atoms with Gasteiger partial charge in [-0.05, 0) is 30.7 Å². The molecule has 0 saturated carbocycles. The SMILES string of the molecule is Cc1sc(C(=O)O)cc1S(=O)(=O)NCc1ccc(Cl)cc1. The molecular weight excluding hydrogens is 334 g/mol. The Labute approximate surface area is 131 Å². The lowest BCUT2D eigenvalue weighted by Crippen LogP contribution is -2.23. The molecule has 0 radical (unpaired) electrons. The number of aryl methyl sites for hydroxylation is 1. The molecule has 2 aromatic rings. The summed E-state index contributed by atoms with van der Waals surface area (Å²) in [6, 6.07) is 7.95. The fraction of sp³-hybridized carbons (Fsp3) is 0.154. The highest BCUT2D eigenvalue weighted by molar-refractivity contribution is 7.89. The summed E-state index contributed by atoms with van der Waals surface area (Å²) in [4.78, 5) is 11.3. The van der Waals surface area contributed by atoms with E-state index in [1.165, 1.54) is 6.07 Å². The zero-order valence-corrected chi connectivity index (χ0v) is 13.3. The van der Waals surface area contributed by atoms with Gasteiger partial charge in [0.1, 0.15) is 4.88 Å². The number of hydrogen-bond donors (Lipinski definition) is 2. The molecule has 8 heteroatoms. The lowest BCUT2D eigenvalue weighted by Gasteiger charge is -2.06. The molecule has 0 atom stereocenters. The Morgan fingerprint density at radius 2 is 1.95 bits per heavy atom. The maximum absolute atomic E-state index is 12.2. The smallest absolute Gasteiger partial charge is 0.345 e. The van der Waals surface area contributed by atoms with Crippen LogP contribution >= 0.6 is 22.9 Å². The second-order valence-corrected chi connectivity index (χ2v) is 7.72. The number of carboxylic acids is 1. The number of carboxylic acid groups (broad SMARTS) is 1. The predicted octanol–water partition coefficient (Wildman–Crippen LogP) is 2.89. The van der Waals surface area contributed by atoms with Crippen molar-refractivity contribution >= 4 is 38.9 Å². The van der Waals surface area contributed by atoms with E-state index < -0.39 is 16.0 Å². The molecule has 0 aliphatic heterocycles. The molecule has 112 valence electrons. The van der Waals surface area contributed by atoms with E-state index in [0.29, 0.717) is 9.90 Å². The second kappa shape index (κ2) is 6.15. The Hall–Kier alpha value is -1.41. The molecule has 5 nitrogen and oxygen atoms in total. The zero-order chi connectivity index (χ0) is 15.6. The molecule has 1 heterocycles. The summed E-state index contributed by atoms with van der Waals surface area (Å²) in [6.45, 7) is 1.69. The van der Waals surface area contributed by atoms with Gasteiger partial charge in [-0.25, -0.2) is 17.9 Å². The number of benzene rings is 1. The van der Waals surface area contributed by atoms with Crippen molar-refractivity contribution in [3.8, 4) is 0 Å². The molecule has 0 amide bonds. The number of sulfonamides is 1. The minimum absolute atomic E-state index is 0.000585. The lowest BCUT2D eigenvalue weighted by atomic mass is 10.2. The molecule has 1 aromatic heterocycles.